The first-order chi connectivity index (χ1) is 32.7. The number of methoxy groups -OCH3 is 2. The highest BCUT2D eigenvalue weighted by Gasteiger charge is 2.46. The lowest BCUT2D eigenvalue weighted by Crippen LogP contribution is -2.38. The SMILES string of the molecule is COc1ccc(C(OC[C@H]2O[C@@H](n3cc(C)c(=O)[nH]c3=O)C[C@@H]2OP(C)(=O)OC[C@H]2O[C@@H](n3cc(C)c(=O)[nH]c3=O)C[C@@H]2OC(=O)c2ccccc2)(c2ccccc2)c2ccc(OC)cc2)cc1. The zero-order valence-electron chi connectivity index (χ0n) is 37.9. The number of ether oxygens (including phenoxy) is 6. The molecule has 0 radical (unpaired) electrons. The summed E-state index contributed by atoms with van der Waals surface area (Å²) in [6.07, 6.45) is -3.41. The molecule has 68 heavy (non-hydrogen) atoms. The summed E-state index contributed by atoms with van der Waals surface area (Å²) in [7, 11) is -0.962. The second-order valence-electron chi connectivity index (χ2n) is 16.5. The summed E-state index contributed by atoms with van der Waals surface area (Å²) in [6, 6.07) is 32.7. The third-order valence-corrected chi connectivity index (χ3v) is 13.3. The number of nitrogens with one attached hydrogen (secondary N) is 2. The number of H-pyrrole nitrogens is 2. The van der Waals surface area contributed by atoms with Crippen molar-refractivity contribution in [3.05, 3.63) is 197 Å². The van der Waals surface area contributed by atoms with Gasteiger partial charge >= 0.3 is 24.9 Å². The van der Waals surface area contributed by atoms with Gasteiger partial charge in [-0.15, -0.1) is 0 Å². The van der Waals surface area contributed by atoms with Crippen LogP contribution < -0.4 is 32.0 Å². The van der Waals surface area contributed by atoms with Gasteiger partial charge < -0.3 is 37.5 Å². The van der Waals surface area contributed by atoms with Crippen molar-refractivity contribution in [3.63, 3.8) is 0 Å². The minimum absolute atomic E-state index is 0.0106. The first kappa shape index (κ1) is 47.8. The highest BCUT2D eigenvalue weighted by atomic mass is 31.2. The van der Waals surface area contributed by atoms with Crippen LogP contribution in [0.25, 0.3) is 0 Å². The summed E-state index contributed by atoms with van der Waals surface area (Å²) < 4.78 is 66.2. The van der Waals surface area contributed by atoms with Crippen LogP contribution in [0.2, 0.25) is 0 Å². The fourth-order valence-electron chi connectivity index (χ4n) is 8.42. The van der Waals surface area contributed by atoms with Crippen molar-refractivity contribution in [1.29, 1.82) is 0 Å². The third-order valence-electron chi connectivity index (χ3n) is 12.0. The average Bonchev–Trinajstić information content (AvgIpc) is 3.94. The molecule has 2 N–H and O–H groups in total. The predicted molar refractivity (Wildman–Crippen MR) is 247 cm³/mol. The van der Waals surface area contributed by atoms with E-state index in [9.17, 15) is 28.5 Å². The Labute approximate surface area is 389 Å². The normalized spacial score (nSPS) is 21.2. The van der Waals surface area contributed by atoms with Crippen molar-refractivity contribution in [2.45, 2.75) is 69.2 Å². The molecule has 0 amide bonds. The number of aromatic amines is 2. The Bertz CT molecular complexity index is 2960. The lowest BCUT2D eigenvalue weighted by Gasteiger charge is -2.37. The maximum absolute atomic E-state index is 14.6. The molecule has 0 saturated carbocycles. The highest BCUT2D eigenvalue weighted by molar-refractivity contribution is 7.53. The zero-order valence-corrected chi connectivity index (χ0v) is 38.8. The van der Waals surface area contributed by atoms with Crippen molar-refractivity contribution in [2.75, 3.05) is 34.1 Å². The van der Waals surface area contributed by atoms with E-state index in [1.54, 1.807) is 51.5 Å². The van der Waals surface area contributed by atoms with Crippen molar-refractivity contribution < 1.29 is 46.8 Å². The molecule has 19 heteroatoms. The van der Waals surface area contributed by atoms with Crippen molar-refractivity contribution in [2.24, 2.45) is 0 Å². The van der Waals surface area contributed by atoms with Crippen LogP contribution in [0.5, 0.6) is 11.5 Å². The average molecular weight is 951 g/mol. The first-order valence-electron chi connectivity index (χ1n) is 21.8. The number of benzene rings is 4. The van der Waals surface area contributed by atoms with E-state index < -0.39 is 85.1 Å². The number of hydrogen-bond acceptors (Lipinski definition) is 14. The summed E-state index contributed by atoms with van der Waals surface area (Å²) >= 11 is 0. The molecular weight excluding hydrogens is 900 g/mol. The van der Waals surface area contributed by atoms with Gasteiger partial charge in [0.05, 0.1) is 39.1 Å². The van der Waals surface area contributed by atoms with Gasteiger partial charge in [0, 0.05) is 43.0 Å². The molecule has 2 aliphatic heterocycles. The Balaban J connectivity index is 1.10. The molecule has 2 fully saturated rings. The maximum atomic E-state index is 14.6. The molecule has 4 aromatic carbocycles. The van der Waals surface area contributed by atoms with Crippen LogP contribution in [-0.4, -0.2) is 83.6 Å². The molecule has 7 atom stereocenters. The molecule has 0 aliphatic carbocycles. The molecule has 4 heterocycles. The summed E-state index contributed by atoms with van der Waals surface area (Å²) in [5.74, 6) is 0.591. The fourth-order valence-corrected chi connectivity index (χ4v) is 9.62. The summed E-state index contributed by atoms with van der Waals surface area (Å²) in [5.41, 5.74) is -0.865. The van der Waals surface area contributed by atoms with Gasteiger partial charge in [-0.05, 0) is 66.9 Å². The molecular formula is C49H51N4O14P. The lowest BCUT2D eigenvalue weighted by atomic mass is 9.80. The van der Waals surface area contributed by atoms with E-state index in [4.69, 9.17) is 37.5 Å². The van der Waals surface area contributed by atoms with E-state index in [-0.39, 0.29) is 36.1 Å². The van der Waals surface area contributed by atoms with Gasteiger partial charge in [-0.1, -0.05) is 72.8 Å². The van der Waals surface area contributed by atoms with Crippen LogP contribution >= 0.6 is 7.60 Å². The quantitative estimate of drug-likeness (QED) is 0.0632. The minimum Gasteiger partial charge on any atom is -0.497 e. The number of hydrogen-bond donors (Lipinski definition) is 2. The second kappa shape index (κ2) is 20.3. The zero-order chi connectivity index (χ0) is 48.2. The molecule has 18 nitrogen and oxygen atoms in total. The highest BCUT2D eigenvalue weighted by Crippen LogP contribution is 2.50. The molecule has 0 spiro atoms. The molecule has 2 aliphatic rings. The van der Waals surface area contributed by atoms with Gasteiger partial charge in [0.25, 0.3) is 11.1 Å². The van der Waals surface area contributed by atoms with Crippen LogP contribution in [0.4, 0.5) is 0 Å². The number of rotatable bonds is 17. The standard InChI is InChI=1S/C49H51N4O14P/c1-30-26-52(47(57)50-44(30)54)42-24-38(66-46(56)32-12-8-6-9-13-32)41(65-42)29-63-68(5,59)67-39-25-43(53-27-31(2)45(55)51-48(53)58)64-40(39)28-62-49(33-14-10-7-11-15-33,34-16-20-36(60-3)21-17-34)35-18-22-37(61-4)23-19-35/h6-23,26-27,38-43H,24-25,28-29H2,1-5H3,(H,50,54,57)(H,51,55,58)/t38-,39-,40+,41+,42+,43+,68?/m0/s1. The number of aromatic nitrogens is 4. The molecule has 8 rings (SSSR count). The fraction of sp³-hybridized carbons (Fsp3) is 0.327. The Morgan fingerprint density at radius 3 is 1.62 bits per heavy atom. The molecule has 2 saturated heterocycles. The molecule has 1 unspecified atom stereocenters. The van der Waals surface area contributed by atoms with Crippen molar-refractivity contribution >= 4 is 13.6 Å². The van der Waals surface area contributed by atoms with E-state index in [0.717, 1.165) is 16.7 Å². The predicted octanol–water partition coefficient (Wildman–Crippen LogP) is 5.75. The Hall–Kier alpha value is -6.66. The molecule has 0 bridgehead atoms. The van der Waals surface area contributed by atoms with Gasteiger partial charge in [-0.2, -0.15) is 0 Å². The van der Waals surface area contributed by atoms with Gasteiger partial charge in [-0.25, -0.2) is 14.4 Å². The summed E-state index contributed by atoms with van der Waals surface area (Å²) in [4.78, 5) is 68.7. The van der Waals surface area contributed by atoms with Crippen LogP contribution in [0.3, 0.4) is 0 Å². The minimum atomic E-state index is -4.12. The number of aryl methyl sites for hydroxylation is 2. The second-order valence-corrected chi connectivity index (χ2v) is 18.5. The number of esters is 1. The van der Waals surface area contributed by atoms with Gasteiger partial charge in [0.15, 0.2) is 0 Å². The van der Waals surface area contributed by atoms with E-state index in [2.05, 4.69) is 9.97 Å². The van der Waals surface area contributed by atoms with Gasteiger partial charge in [0.2, 0.25) is 0 Å². The maximum Gasteiger partial charge on any atom is 0.338 e. The summed E-state index contributed by atoms with van der Waals surface area (Å²) in [6.45, 7) is 3.75. The van der Waals surface area contributed by atoms with Crippen molar-refractivity contribution in [1.82, 2.24) is 19.1 Å². The van der Waals surface area contributed by atoms with Crippen molar-refractivity contribution in [3.8, 4) is 11.5 Å². The smallest absolute Gasteiger partial charge is 0.338 e. The third kappa shape index (κ3) is 10.3. The monoisotopic (exact) mass is 950 g/mol. The number of carbonyl (C=O) groups excluding carboxylic acids is 1. The molecule has 6 aromatic rings. The number of carbonyl (C=O) groups is 1. The first-order valence-corrected chi connectivity index (χ1v) is 23.8. The van der Waals surface area contributed by atoms with Gasteiger partial charge in [-0.3, -0.25) is 33.3 Å². The Morgan fingerprint density at radius 1 is 0.662 bits per heavy atom. The number of nitrogens with zero attached hydrogens (tertiary/aromatic N) is 2. The van der Waals surface area contributed by atoms with Crippen LogP contribution in [0, 0.1) is 13.8 Å². The van der Waals surface area contributed by atoms with E-state index in [0.29, 0.717) is 11.5 Å². The molecule has 2 aromatic heterocycles. The van der Waals surface area contributed by atoms with E-state index >= 15 is 0 Å². The largest absolute Gasteiger partial charge is 0.497 e. The van der Waals surface area contributed by atoms with Crippen LogP contribution in [0.15, 0.2) is 141 Å². The van der Waals surface area contributed by atoms with Crippen LogP contribution in [-0.2, 0) is 38.2 Å². The van der Waals surface area contributed by atoms with E-state index in [1.165, 1.54) is 35.1 Å². The molecule has 356 valence electrons. The van der Waals surface area contributed by atoms with Crippen LogP contribution in [0.1, 0.15) is 63.5 Å². The summed E-state index contributed by atoms with van der Waals surface area (Å²) in [5, 5.41) is 0. The Kier molecular flexibility index (Phi) is 14.3. The van der Waals surface area contributed by atoms with E-state index in [1.807, 2.05) is 78.9 Å². The van der Waals surface area contributed by atoms with Gasteiger partial charge in [0.1, 0.15) is 47.9 Å². The lowest BCUT2D eigenvalue weighted by molar-refractivity contribution is -0.0933. The Morgan fingerprint density at radius 2 is 1.12 bits per heavy atom. The topological polar surface area (TPSA) is 218 Å².